The minimum atomic E-state index is 0.633. The average molecular weight is 200 g/mol. The third-order valence-corrected chi connectivity index (χ3v) is 3.27. The fraction of sp³-hybridized carbons (Fsp3) is 0. The normalized spacial score (nSPS) is 11.1. The van der Waals surface area contributed by atoms with Gasteiger partial charge in [-0.2, -0.15) is 0 Å². The number of pyridine rings is 1. The van der Waals surface area contributed by atoms with E-state index in [0.29, 0.717) is 5.82 Å². The molecule has 3 rings (SSSR count). The molecule has 1 aromatic carbocycles. The predicted molar refractivity (Wildman–Crippen MR) is 61.5 cm³/mol. The molecule has 2 nitrogen and oxygen atoms in total. The lowest BCUT2D eigenvalue weighted by molar-refractivity contribution is 1.45. The van der Waals surface area contributed by atoms with Crippen molar-refractivity contribution in [3.63, 3.8) is 0 Å². The Morgan fingerprint density at radius 3 is 2.86 bits per heavy atom. The Balaban J connectivity index is 2.66. The number of para-hydroxylation sites is 1. The summed E-state index contributed by atoms with van der Waals surface area (Å²) >= 11 is 1.64. The van der Waals surface area contributed by atoms with Gasteiger partial charge < -0.3 is 5.73 Å². The highest BCUT2D eigenvalue weighted by atomic mass is 32.1. The Bertz CT molecular complexity index is 613. The van der Waals surface area contributed by atoms with Crippen LogP contribution in [0.2, 0.25) is 0 Å². The predicted octanol–water partition coefficient (Wildman–Crippen LogP) is 3.03. The maximum absolute atomic E-state index is 5.87. The molecule has 0 saturated carbocycles. The summed E-state index contributed by atoms with van der Waals surface area (Å²) in [7, 11) is 0. The molecule has 3 aromatic rings. The summed E-state index contributed by atoms with van der Waals surface area (Å²) in [5, 5.41) is 4.44. The third-order valence-electron chi connectivity index (χ3n) is 2.33. The first-order chi connectivity index (χ1) is 6.86. The molecule has 2 N–H and O–H groups in total. The molecular weight excluding hydrogens is 192 g/mol. The van der Waals surface area contributed by atoms with Gasteiger partial charge in [0.1, 0.15) is 5.82 Å². The molecule has 0 unspecified atom stereocenters. The summed E-state index contributed by atoms with van der Waals surface area (Å²) in [5.74, 6) is 0.633. The number of hydrogen-bond acceptors (Lipinski definition) is 3. The topological polar surface area (TPSA) is 38.9 Å². The zero-order valence-electron chi connectivity index (χ0n) is 7.40. The SMILES string of the molecule is Nc1nc2ccccc2c2ccsc12. The van der Waals surface area contributed by atoms with Crippen molar-refractivity contribution < 1.29 is 0 Å². The molecule has 0 aliphatic rings. The van der Waals surface area contributed by atoms with Crippen LogP contribution in [0.1, 0.15) is 0 Å². The van der Waals surface area contributed by atoms with Crippen LogP contribution in [-0.2, 0) is 0 Å². The molecule has 3 heteroatoms. The van der Waals surface area contributed by atoms with Crippen LogP contribution >= 0.6 is 11.3 Å². The minimum absolute atomic E-state index is 0.633. The zero-order valence-corrected chi connectivity index (χ0v) is 8.21. The first-order valence-corrected chi connectivity index (χ1v) is 5.25. The van der Waals surface area contributed by atoms with Gasteiger partial charge in [0.25, 0.3) is 0 Å². The molecule has 0 atom stereocenters. The molecule has 0 spiro atoms. The molecule has 0 saturated heterocycles. The van der Waals surface area contributed by atoms with Crippen LogP contribution in [0.4, 0.5) is 5.82 Å². The van der Waals surface area contributed by atoms with Crippen molar-refractivity contribution in [3.05, 3.63) is 35.7 Å². The lowest BCUT2D eigenvalue weighted by atomic mass is 10.1. The maximum Gasteiger partial charge on any atom is 0.142 e. The van der Waals surface area contributed by atoms with Crippen LogP contribution in [-0.4, -0.2) is 4.98 Å². The lowest BCUT2D eigenvalue weighted by Gasteiger charge is -2.00. The van der Waals surface area contributed by atoms with Gasteiger partial charge in [-0.1, -0.05) is 18.2 Å². The Hall–Kier alpha value is -1.61. The van der Waals surface area contributed by atoms with E-state index in [9.17, 15) is 0 Å². The van der Waals surface area contributed by atoms with E-state index in [1.54, 1.807) is 11.3 Å². The van der Waals surface area contributed by atoms with E-state index < -0.39 is 0 Å². The summed E-state index contributed by atoms with van der Waals surface area (Å²) in [5.41, 5.74) is 6.83. The van der Waals surface area contributed by atoms with Crippen LogP contribution in [0.15, 0.2) is 35.7 Å². The van der Waals surface area contributed by atoms with Gasteiger partial charge in [-0.05, 0) is 17.5 Å². The van der Waals surface area contributed by atoms with Crippen molar-refractivity contribution in [2.24, 2.45) is 0 Å². The number of fused-ring (bicyclic) bond motifs is 3. The zero-order chi connectivity index (χ0) is 9.54. The maximum atomic E-state index is 5.87. The van der Waals surface area contributed by atoms with Gasteiger partial charge in [-0.15, -0.1) is 11.3 Å². The van der Waals surface area contributed by atoms with Crippen molar-refractivity contribution in [1.29, 1.82) is 0 Å². The van der Waals surface area contributed by atoms with Crippen LogP contribution in [0, 0.1) is 0 Å². The molecule has 68 valence electrons. The Morgan fingerprint density at radius 2 is 1.93 bits per heavy atom. The molecule has 0 amide bonds. The molecule has 0 fully saturated rings. The van der Waals surface area contributed by atoms with E-state index >= 15 is 0 Å². The first kappa shape index (κ1) is 7.76. The fourth-order valence-corrected chi connectivity index (χ4v) is 2.51. The molecule has 0 aliphatic heterocycles. The molecule has 2 heterocycles. The molecular formula is C11H8N2S. The van der Waals surface area contributed by atoms with E-state index in [4.69, 9.17) is 5.73 Å². The Labute approximate surface area is 85.0 Å². The second-order valence-corrected chi connectivity index (χ2v) is 4.09. The monoisotopic (exact) mass is 200 g/mol. The van der Waals surface area contributed by atoms with Crippen molar-refractivity contribution in [2.75, 3.05) is 5.73 Å². The van der Waals surface area contributed by atoms with Gasteiger partial charge in [-0.25, -0.2) is 4.98 Å². The van der Waals surface area contributed by atoms with Gasteiger partial charge in [0.2, 0.25) is 0 Å². The first-order valence-electron chi connectivity index (χ1n) is 4.38. The smallest absolute Gasteiger partial charge is 0.142 e. The van der Waals surface area contributed by atoms with Crippen LogP contribution < -0.4 is 5.73 Å². The quantitative estimate of drug-likeness (QED) is 0.605. The van der Waals surface area contributed by atoms with E-state index in [1.165, 1.54) is 10.8 Å². The number of nitrogens with zero attached hydrogens (tertiary/aromatic N) is 1. The third kappa shape index (κ3) is 0.930. The summed E-state index contributed by atoms with van der Waals surface area (Å²) < 4.78 is 1.09. The van der Waals surface area contributed by atoms with Gasteiger partial charge >= 0.3 is 0 Å². The number of nitrogen functional groups attached to an aromatic ring is 1. The number of benzene rings is 1. The molecule has 0 bridgehead atoms. The van der Waals surface area contributed by atoms with Crippen molar-refractivity contribution in [3.8, 4) is 0 Å². The van der Waals surface area contributed by atoms with Crippen molar-refractivity contribution >= 4 is 38.1 Å². The molecule has 14 heavy (non-hydrogen) atoms. The summed E-state index contributed by atoms with van der Waals surface area (Å²) in [6.45, 7) is 0. The van der Waals surface area contributed by atoms with Gasteiger partial charge in [0.05, 0.1) is 10.2 Å². The summed E-state index contributed by atoms with van der Waals surface area (Å²) in [6, 6.07) is 10.2. The minimum Gasteiger partial charge on any atom is -0.382 e. The summed E-state index contributed by atoms with van der Waals surface area (Å²) in [4.78, 5) is 4.36. The van der Waals surface area contributed by atoms with E-state index in [2.05, 4.69) is 22.5 Å². The molecule has 0 aliphatic carbocycles. The number of rotatable bonds is 0. The van der Waals surface area contributed by atoms with Crippen LogP contribution in [0.3, 0.4) is 0 Å². The van der Waals surface area contributed by atoms with Crippen LogP contribution in [0.25, 0.3) is 21.0 Å². The van der Waals surface area contributed by atoms with Crippen LogP contribution in [0.5, 0.6) is 0 Å². The Morgan fingerprint density at radius 1 is 1.07 bits per heavy atom. The van der Waals surface area contributed by atoms with Gasteiger partial charge in [0.15, 0.2) is 0 Å². The summed E-state index contributed by atoms with van der Waals surface area (Å²) in [6.07, 6.45) is 0. The molecule has 0 radical (unpaired) electrons. The number of thiophene rings is 1. The second-order valence-electron chi connectivity index (χ2n) is 3.18. The van der Waals surface area contributed by atoms with E-state index in [-0.39, 0.29) is 0 Å². The molecule has 2 aromatic heterocycles. The van der Waals surface area contributed by atoms with Gasteiger partial charge in [-0.3, -0.25) is 0 Å². The van der Waals surface area contributed by atoms with Crippen molar-refractivity contribution in [1.82, 2.24) is 4.98 Å². The highest BCUT2D eigenvalue weighted by Gasteiger charge is 2.05. The number of nitrogens with two attached hydrogens (primary N) is 1. The average Bonchev–Trinajstić information content (AvgIpc) is 2.67. The van der Waals surface area contributed by atoms with E-state index in [1.807, 2.05) is 18.2 Å². The van der Waals surface area contributed by atoms with Gasteiger partial charge in [0, 0.05) is 10.8 Å². The number of hydrogen-bond donors (Lipinski definition) is 1. The standard InChI is InChI=1S/C11H8N2S/c12-11-10-8(5-6-14-10)7-3-1-2-4-9(7)13-11/h1-6H,(H2,12,13). The number of aromatic nitrogens is 1. The van der Waals surface area contributed by atoms with E-state index in [0.717, 1.165) is 10.2 Å². The highest BCUT2D eigenvalue weighted by Crippen LogP contribution is 2.31. The second kappa shape index (κ2) is 2.69. The fourth-order valence-electron chi connectivity index (χ4n) is 1.70. The van der Waals surface area contributed by atoms with Crippen molar-refractivity contribution in [2.45, 2.75) is 0 Å². The largest absolute Gasteiger partial charge is 0.382 e. The lowest BCUT2D eigenvalue weighted by Crippen LogP contribution is -1.90. The Kier molecular flexibility index (Phi) is 1.49. The number of anilines is 1. The highest BCUT2D eigenvalue weighted by molar-refractivity contribution is 7.18.